The lowest BCUT2D eigenvalue weighted by Gasteiger charge is -2.42. The Balaban J connectivity index is 1.86. The smallest absolute Gasteiger partial charge is 0.396 e. The van der Waals surface area contributed by atoms with Crippen LogP contribution in [0.2, 0.25) is 0 Å². The maximum absolute atomic E-state index is 11.4. The summed E-state index contributed by atoms with van der Waals surface area (Å²) in [7, 11) is 0. The van der Waals surface area contributed by atoms with Crippen LogP contribution < -0.4 is 15.0 Å². The molecule has 1 aliphatic heterocycles. The molecule has 1 fully saturated rings. The van der Waals surface area contributed by atoms with E-state index in [-0.39, 0.29) is 0 Å². The molecule has 1 aliphatic rings. The number of ether oxygens (including phenoxy) is 2. The van der Waals surface area contributed by atoms with Gasteiger partial charge in [-0.1, -0.05) is 11.3 Å². The highest BCUT2D eigenvalue weighted by Crippen LogP contribution is 2.27. The van der Waals surface area contributed by atoms with Crippen LogP contribution in [0.4, 0.5) is 0 Å². The summed E-state index contributed by atoms with van der Waals surface area (Å²) in [5.41, 5.74) is 0.411. The maximum atomic E-state index is 11.4. The minimum absolute atomic E-state index is 0.310. The number of carbonyl (C=O) groups is 1. The number of hydrogen-bond acceptors (Lipinski definition) is 9. The highest BCUT2D eigenvalue weighted by Gasteiger charge is 2.46. The van der Waals surface area contributed by atoms with E-state index in [9.17, 15) is 24.9 Å². The fourth-order valence-corrected chi connectivity index (χ4v) is 3.33. The van der Waals surface area contributed by atoms with Gasteiger partial charge in [-0.15, -0.1) is 0 Å². The van der Waals surface area contributed by atoms with E-state index in [4.69, 9.17) is 13.9 Å². The molecule has 0 spiro atoms. The molecule has 25 heavy (non-hydrogen) atoms. The van der Waals surface area contributed by atoms with Crippen LogP contribution in [0.1, 0.15) is 6.92 Å². The number of aliphatic hydroxyl groups is 3. The summed E-state index contributed by atoms with van der Waals surface area (Å²) in [5.74, 6) is -0.135. The number of benzene rings is 1. The van der Waals surface area contributed by atoms with E-state index >= 15 is 0 Å². The van der Waals surface area contributed by atoms with E-state index in [1.165, 1.54) is 13.0 Å². The molecule has 0 unspecified atom stereocenters. The lowest BCUT2D eigenvalue weighted by molar-refractivity contribution is -0.244. The number of amides is 1. The number of aliphatic hydroxyl groups excluding tert-OH is 3. The third kappa shape index (κ3) is 3.67. The lowest BCUT2D eigenvalue weighted by Crippen LogP contribution is -2.65. The number of fused-ring (bicyclic) bond motifs is 1. The van der Waals surface area contributed by atoms with Gasteiger partial charge in [0, 0.05) is 13.0 Å². The molecule has 4 N–H and O–H groups in total. The van der Waals surface area contributed by atoms with Gasteiger partial charge >= 0.3 is 4.94 Å². The van der Waals surface area contributed by atoms with Crippen LogP contribution in [0, 0.1) is 0 Å². The van der Waals surface area contributed by atoms with Gasteiger partial charge in [-0.05, 0) is 12.1 Å². The molecule has 0 bridgehead atoms. The highest BCUT2D eigenvalue weighted by atomic mass is 32.1. The van der Waals surface area contributed by atoms with Gasteiger partial charge in [0.2, 0.25) is 12.2 Å². The van der Waals surface area contributed by atoms with Crippen LogP contribution >= 0.6 is 11.3 Å². The fraction of sp³-hybridized carbons (Fsp3) is 0.467. The normalized spacial score (nSPS) is 29.5. The molecule has 0 saturated carbocycles. The van der Waals surface area contributed by atoms with Crippen molar-refractivity contribution in [1.82, 2.24) is 5.32 Å². The molecule has 2 heterocycles. The van der Waals surface area contributed by atoms with Gasteiger partial charge in [-0.25, -0.2) is 4.79 Å². The molecule has 0 aliphatic carbocycles. The summed E-state index contributed by atoms with van der Waals surface area (Å²) in [6, 6.07) is 3.60. The first-order chi connectivity index (χ1) is 11.9. The summed E-state index contributed by atoms with van der Waals surface area (Å²) in [4.78, 5) is 22.2. The SMILES string of the molecule is CC(=O)N[C@@H]1[C@@H](Oc2ccc3oc(=O)sc3c2)O[C@H](CO)[C@H](O)[C@@H]1O. The van der Waals surface area contributed by atoms with Crippen molar-refractivity contribution in [3.05, 3.63) is 27.9 Å². The topological polar surface area (TPSA) is 138 Å². The minimum Gasteiger partial charge on any atom is -0.463 e. The maximum Gasteiger partial charge on any atom is 0.396 e. The number of hydrogen-bond donors (Lipinski definition) is 4. The van der Waals surface area contributed by atoms with Gasteiger partial charge in [0.05, 0.1) is 11.3 Å². The predicted octanol–water partition coefficient (Wildman–Crippen LogP) is -0.823. The lowest BCUT2D eigenvalue weighted by atomic mass is 9.97. The summed E-state index contributed by atoms with van der Waals surface area (Å²) >= 11 is 0.904. The van der Waals surface area contributed by atoms with Crippen LogP contribution in [0.25, 0.3) is 10.3 Å². The first-order valence-corrected chi connectivity index (χ1v) is 8.30. The molecule has 1 saturated heterocycles. The van der Waals surface area contributed by atoms with Crippen molar-refractivity contribution >= 4 is 27.5 Å². The minimum atomic E-state index is -1.39. The Kier molecular flexibility index (Phi) is 5.06. The Morgan fingerprint density at radius 3 is 2.80 bits per heavy atom. The molecule has 10 heteroatoms. The van der Waals surface area contributed by atoms with E-state index < -0.39 is 48.1 Å². The monoisotopic (exact) mass is 371 g/mol. The fourth-order valence-electron chi connectivity index (χ4n) is 2.63. The van der Waals surface area contributed by atoms with Crippen molar-refractivity contribution in [2.45, 2.75) is 37.6 Å². The van der Waals surface area contributed by atoms with Crippen LogP contribution in [-0.2, 0) is 9.53 Å². The Labute approximate surface area is 145 Å². The quantitative estimate of drug-likeness (QED) is 0.547. The van der Waals surface area contributed by atoms with Crippen molar-refractivity contribution in [1.29, 1.82) is 0 Å². The van der Waals surface area contributed by atoms with Gasteiger partial charge in [-0.2, -0.15) is 0 Å². The second kappa shape index (κ2) is 7.10. The van der Waals surface area contributed by atoms with E-state index in [1.54, 1.807) is 12.1 Å². The summed E-state index contributed by atoms with van der Waals surface area (Å²) < 4.78 is 16.7. The molecule has 136 valence electrons. The van der Waals surface area contributed by atoms with Gasteiger partial charge in [0.25, 0.3) is 0 Å². The number of rotatable bonds is 4. The molecule has 9 nitrogen and oxygen atoms in total. The Morgan fingerprint density at radius 2 is 2.12 bits per heavy atom. The van der Waals surface area contributed by atoms with Crippen molar-refractivity contribution in [2.24, 2.45) is 0 Å². The second-order valence-electron chi connectivity index (χ2n) is 5.61. The first-order valence-electron chi connectivity index (χ1n) is 7.49. The summed E-state index contributed by atoms with van der Waals surface area (Å²) in [6.45, 7) is 0.719. The van der Waals surface area contributed by atoms with Crippen LogP contribution in [0.3, 0.4) is 0 Å². The molecule has 1 aromatic heterocycles. The average Bonchev–Trinajstić information content (AvgIpc) is 2.93. The van der Waals surface area contributed by atoms with E-state index in [0.717, 1.165) is 11.3 Å². The van der Waals surface area contributed by atoms with Gasteiger partial charge in [-0.3, -0.25) is 4.79 Å². The zero-order valence-electron chi connectivity index (χ0n) is 13.1. The van der Waals surface area contributed by atoms with Crippen LogP contribution in [0.5, 0.6) is 5.75 Å². The zero-order chi connectivity index (χ0) is 18.1. The molecule has 1 amide bonds. The largest absolute Gasteiger partial charge is 0.463 e. The van der Waals surface area contributed by atoms with Crippen molar-refractivity contribution < 1.29 is 34.0 Å². The third-order valence-corrected chi connectivity index (χ3v) is 4.59. The Morgan fingerprint density at radius 1 is 1.36 bits per heavy atom. The molecular formula is C15H17NO8S. The third-order valence-electron chi connectivity index (χ3n) is 3.80. The molecule has 5 atom stereocenters. The first kappa shape index (κ1) is 17.8. The van der Waals surface area contributed by atoms with Crippen molar-refractivity contribution in [2.75, 3.05) is 6.61 Å². The standard InChI is InChI=1S/C15H17NO8S/c1-6(18)16-11-13(20)12(19)9(5-17)23-14(11)22-7-2-3-8-10(4-7)25-15(21)24-8/h2-4,9,11-14,17,19-20H,5H2,1H3,(H,16,18)/t9-,11+,12+,13-,14+/m1/s1. The van der Waals surface area contributed by atoms with Gasteiger partial charge in [0.15, 0.2) is 0 Å². The van der Waals surface area contributed by atoms with Gasteiger partial charge in [0.1, 0.15) is 35.7 Å². The van der Waals surface area contributed by atoms with Crippen LogP contribution in [0.15, 0.2) is 27.4 Å². The number of nitrogens with one attached hydrogen (secondary N) is 1. The number of carbonyl (C=O) groups excluding carboxylic acids is 1. The molecule has 2 aromatic rings. The summed E-state index contributed by atoms with van der Waals surface area (Å²) in [6.07, 6.45) is -5.00. The second-order valence-corrected chi connectivity index (χ2v) is 6.59. The van der Waals surface area contributed by atoms with Crippen molar-refractivity contribution in [3.63, 3.8) is 0 Å². The Bertz CT molecular complexity index is 817. The highest BCUT2D eigenvalue weighted by molar-refractivity contribution is 7.16. The molecule has 1 aromatic carbocycles. The van der Waals surface area contributed by atoms with Gasteiger partial charge < -0.3 is 34.5 Å². The predicted molar refractivity (Wildman–Crippen MR) is 86.4 cm³/mol. The average molecular weight is 371 g/mol. The van der Waals surface area contributed by atoms with E-state index in [0.29, 0.717) is 16.0 Å². The van der Waals surface area contributed by atoms with E-state index in [2.05, 4.69) is 5.32 Å². The molecule has 0 radical (unpaired) electrons. The molecule has 3 rings (SSSR count). The van der Waals surface area contributed by atoms with E-state index in [1.807, 2.05) is 0 Å². The van der Waals surface area contributed by atoms with Crippen LogP contribution in [-0.4, -0.2) is 58.5 Å². The zero-order valence-corrected chi connectivity index (χ0v) is 13.9. The molecular weight excluding hydrogens is 354 g/mol. The Hall–Kier alpha value is -1.98. The summed E-state index contributed by atoms with van der Waals surface area (Å²) in [5, 5.41) is 31.9. The van der Waals surface area contributed by atoms with Crippen molar-refractivity contribution in [3.8, 4) is 5.75 Å².